The smallest absolute Gasteiger partial charge is 0.112 e. The monoisotopic (exact) mass is 176 g/mol. The Morgan fingerprint density at radius 3 is 2.62 bits per heavy atom. The fourth-order valence-electron chi connectivity index (χ4n) is 1.97. The molecule has 1 fully saturated rings. The van der Waals surface area contributed by atoms with Crippen molar-refractivity contribution in [1.29, 1.82) is 0 Å². The maximum atomic E-state index is 5.73. The van der Waals surface area contributed by atoms with E-state index in [1.807, 2.05) is 6.07 Å². The van der Waals surface area contributed by atoms with Crippen LogP contribution in [0.2, 0.25) is 0 Å². The van der Waals surface area contributed by atoms with Crippen molar-refractivity contribution in [3.8, 4) is 0 Å². The second kappa shape index (κ2) is 3.15. The SMILES string of the molecule is CCCC1(C)OC1c1ccccc1. The molecule has 13 heavy (non-hydrogen) atoms. The van der Waals surface area contributed by atoms with Gasteiger partial charge in [-0.15, -0.1) is 0 Å². The Balaban J connectivity index is 2.07. The molecule has 1 aliphatic rings. The highest BCUT2D eigenvalue weighted by atomic mass is 16.6. The summed E-state index contributed by atoms with van der Waals surface area (Å²) in [5.41, 5.74) is 1.44. The van der Waals surface area contributed by atoms with Gasteiger partial charge in [0.15, 0.2) is 0 Å². The lowest BCUT2D eigenvalue weighted by Gasteiger charge is -2.02. The standard InChI is InChI=1S/C12H16O/c1-3-9-12(2)11(13-12)10-7-5-4-6-8-10/h4-8,11H,3,9H2,1-2H3. The van der Waals surface area contributed by atoms with E-state index in [-0.39, 0.29) is 5.60 Å². The first-order valence-corrected chi connectivity index (χ1v) is 4.99. The summed E-state index contributed by atoms with van der Waals surface area (Å²) in [6, 6.07) is 10.5. The molecule has 1 heterocycles. The molecule has 1 aliphatic heterocycles. The molecule has 1 saturated heterocycles. The zero-order valence-electron chi connectivity index (χ0n) is 8.29. The number of epoxide rings is 1. The lowest BCUT2D eigenvalue weighted by atomic mass is 9.97. The highest BCUT2D eigenvalue weighted by molar-refractivity contribution is 5.25. The Morgan fingerprint density at radius 1 is 1.31 bits per heavy atom. The summed E-state index contributed by atoms with van der Waals surface area (Å²) in [5.74, 6) is 0. The Kier molecular flexibility index (Phi) is 2.12. The van der Waals surface area contributed by atoms with Crippen LogP contribution in [0, 0.1) is 0 Å². The van der Waals surface area contributed by atoms with Crippen LogP contribution in [0.4, 0.5) is 0 Å². The highest BCUT2D eigenvalue weighted by Gasteiger charge is 2.51. The van der Waals surface area contributed by atoms with Crippen molar-refractivity contribution < 1.29 is 4.74 Å². The molecule has 2 unspecified atom stereocenters. The summed E-state index contributed by atoms with van der Waals surface area (Å²) in [7, 11) is 0. The van der Waals surface area contributed by atoms with Crippen LogP contribution in [-0.2, 0) is 4.74 Å². The predicted octanol–water partition coefficient (Wildman–Crippen LogP) is 3.32. The zero-order chi connectivity index (χ0) is 9.31. The lowest BCUT2D eigenvalue weighted by molar-refractivity contribution is 0.296. The van der Waals surface area contributed by atoms with Crippen LogP contribution >= 0.6 is 0 Å². The van der Waals surface area contributed by atoms with E-state index in [1.165, 1.54) is 12.0 Å². The topological polar surface area (TPSA) is 12.5 Å². The van der Waals surface area contributed by atoms with E-state index in [4.69, 9.17) is 4.74 Å². The molecule has 0 saturated carbocycles. The highest BCUT2D eigenvalue weighted by Crippen LogP contribution is 2.51. The van der Waals surface area contributed by atoms with Gasteiger partial charge >= 0.3 is 0 Å². The quantitative estimate of drug-likeness (QED) is 0.644. The minimum atomic E-state index is 0.121. The van der Waals surface area contributed by atoms with Crippen LogP contribution in [0.5, 0.6) is 0 Å². The maximum absolute atomic E-state index is 5.73. The Bertz CT molecular complexity index is 280. The largest absolute Gasteiger partial charge is 0.361 e. The third kappa shape index (κ3) is 1.61. The van der Waals surface area contributed by atoms with Gasteiger partial charge in [-0.3, -0.25) is 0 Å². The van der Waals surface area contributed by atoms with Gasteiger partial charge in [0, 0.05) is 0 Å². The van der Waals surface area contributed by atoms with E-state index in [0.717, 1.165) is 6.42 Å². The first-order valence-electron chi connectivity index (χ1n) is 4.99. The molecule has 0 amide bonds. The number of ether oxygens (including phenoxy) is 1. The van der Waals surface area contributed by atoms with Gasteiger partial charge in [0.25, 0.3) is 0 Å². The maximum Gasteiger partial charge on any atom is 0.112 e. The molecule has 0 bridgehead atoms. The first-order chi connectivity index (χ1) is 6.26. The van der Waals surface area contributed by atoms with Gasteiger partial charge in [-0.25, -0.2) is 0 Å². The molecule has 1 heteroatoms. The number of hydrogen-bond donors (Lipinski definition) is 0. The lowest BCUT2D eigenvalue weighted by Crippen LogP contribution is -2.04. The van der Waals surface area contributed by atoms with Gasteiger partial charge in [0.2, 0.25) is 0 Å². The van der Waals surface area contributed by atoms with Gasteiger partial charge in [0.05, 0.1) is 5.60 Å². The molecule has 1 aromatic rings. The van der Waals surface area contributed by atoms with Crippen molar-refractivity contribution in [3.63, 3.8) is 0 Å². The molecule has 1 aromatic carbocycles. The van der Waals surface area contributed by atoms with Crippen molar-refractivity contribution >= 4 is 0 Å². The van der Waals surface area contributed by atoms with Crippen LogP contribution < -0.4 is 0 Å². The summed E-state index contributed by atoms with van der Waals surface area (Å²) in [6.45, 7) is 4.41. The number of rotatable bonds is 3. The van der Waals surface area contributed by atoms with E-state index in [1.54, 1.807) is 0 Å². The van der Waals surface area contributed by atoms with Crippen molar-refractivity contribution in [3.05, 3.63) is 35.9 Å². The Morgan fingerprint density at radius 2 is 2.00 bits per heavy atom. The van der Waals surface area contributed by atoms with E-state index in [9.17, 15) is 0 Å². The third-order valence-electron chi connectivity index (χ3n) is 2.73. The summed E-state index contributed by atoms with van der Waals surface area (Å²) in [4.78, 5) is 0. The van der Waals surface area contributed by atoms with Crippen LogP contribution in [0.25, 0.3) is 0 Å². The van der Waals surface area contributed by atoms with Gasteiger partial charge in [0.1, 0.15) is 6.10 Å². The average Bonchev–Trinajstić information content (AvgIpc) is 2.80. The fraction of sp³-hybridized carbons (Fsp3) is 0.500. The second-order valence-electron chi connectivity index (χ2n) is 3.97. The molecular formula is C12H16O. The van der Waals surface area contributed by atoms with Crippen molar-refractivity contribution in [2.75, 3.05) is 0 Å². The van der Waals surface area contributed by atoms with E-state index < -0.39 is 0 Å². The molecule has 0 N–H and O–H groups in total. The molecule has 0 aromatic heterocycles. The van der Waals surface area contributed by atoms with Crippen molar-refractivity contribution in [1.82, 2.24) is 0 Å². The summed E-state index contributed by atoms with van der Waals surface area (Å²) in [6.07, 6.45) is 2.69. The molecule has 0 spiro atoms. The van der Waals surface area contributed by atoms with Crippen LogP contribution in [0.15, 0.2) is 30.3 Å². The fourth-order valence-corrected chi connectivity index (χ4v) is 1.97. The van der Waals surface area contributed by atoms with Crippen molar-refractivity contribution in [2.24, 2.45) is 0 Å². The molecule has 0 radical (unpaired) electrons. The van der Waals surface area contributed by atoms with Gasteiger partial charge < -0.3 is 4.74 Å². The Hall–Kier alpha value is -0.820. The molecule has 1 nitrogen and oxygen atoms in total. The molecule has 2 atom stereocenters. The summed E-state index contributed by atoms with van der Waals surface area (Å²) < 4.78 is 5.73. The van der Waals surface area contributed by atoms with Gasteiger partial charge in [-0.2, -0.15) is 0 Å². The summed E-state index contributed by atoms with van der Waals surface area (Å²) >= 11 is 0. The average molecular weight is 176 g/mol. The zero-order valence-corrected chi connectivity index (χ0v) is 8.29. The van der Waals surface area contributed by atoms with Crippen LogP contribution in [-0.4, -0.2) is 5.60 Å². The summed E-state index contributed by atoms with van der Waals surface area (Å²) in [5, 5.41) is 0. The second-order valence-corrected chi connectivity index (χ2v) is 3.97. The van der Waals surface area contributed by atoms with E-state index in [2.05, 4.69) is 38.1 Å². The van der Waals surface area contributed by atoms with E-state index in [0.29, 0.717) is 6.10 Å². The molecule has 0 aliphatic carbocycles. The van der Waals surface area contributed by atoms with Crippen LogP contribution in [0.3, 0.4) is 0 Å². The predicted molar refractivity (Wildman–Crippen MR) is 53.6 cm³/mol. The normalized spacial score (nSPS) is 31.7. The third-order valence-corrected chi connectivity index (χ3v) is 2.73. The molecule has 70 valence electrons. The molecular weight excluding hydrogens is 160 g/mol. The Labute approximate surface area is 79.7 Å². The first kappa shape index (κ1) is 8.76. The van der Waals surface area contributed by atoms with E-state index >= 15 is 0 Å². The van der Waals surface area contributed by atoms with Gasteiger partial charge in [-0.1, -0.05) is 43.7 Å². The minimum absolute atomic E-state index is 0.121. The van der Waals surface area contributed by atoms with Crippen molar-refractivity contribution in [2.45, 2.75) is 38.4 Å². The van der Waals surface area contributed by atoms with Crippen LogP contribution in [0.1, 0.15) is 38.4 Å². The van der Waals surface area contributed by atoms with Gasteiger partial charge in [-0.05, 0) is 18.9 Å². The number of benzene rings is 1. The number of hydrogen-bond acceptors (Lipinski definition) is 1. The minimum Gasteiger partial charge on any atom is -0.361 e. The molecule has 2 rings (SSSR count).